The van der Waals surface area contributed by atoms with Crippen LogP contribution in [0.2, 0.25) is 0 Å². The molecule has 1 amide bonds. The van der Waals surface area contributed by atoms with E-state index in [1.807, 2.05) is 12.1 Å². The predicted molar refractivity (Wildman–Crippen MR) is 73.1 cm³/mol. The first-order valence-corrected chi connectivity index (χ1v) is 7.07. The van der Waals surface area contributed by atoms with E-state index in [2.05, 4.69) is 22.8 Å². The molecule has 2 atom stereocenters. The molecule has 0 spiro atoms. The molecule has 0 bridgehead atoms. The van der Waals surface area contributed by atoms with Crippen LogP contribution in [0.15, 0.2) is 24.3 Å². The average molecular weight is 260 g/mol. The standard InChI is InChI=1S/C15H20N2O2/c18-15-8-7-11(10-16-15)17-13-5-3-9-19-14-6-2-1-4-12(13)14/h1-2,4,6,11,13,17H,3,5,7-10H2,(H,16,18)/t11-,13+/m0/s1. The lowest BCUT2D eigenvalue weighted by molar-refractivity contribution is -0.122. The maximum atomic E-state index is 11.2. The molecule has 3 rings (SSSR count). The molecule has 0 unspecified atom stereocenters. The van der Waals surface area contributed by atoms with Gasteiger partial charge in [0.15, 0.2) is 0 Å². The zero-order valence-corrected chi connectivity index (χ0v) is 11.0. The fraction of sp³-hybridized carbons (Fsp3) is 0.533. The number of rotatable bonds is 2. The van der Waals surface area contributed by atoms with Crippen molar-refractivity contribution in [1.29, 1.82) is 0 Å². The van der Waals surface area contributed by atoms with Crippen molar-refractivity contribution in [2.75, 3.05) is 13.2 Å². The number of para-hydroxylation sites is 1. The fourth-order valence-corrected chi connectivity index (χ4v) is 2.86. The maximum Gasteiger partial charge on any atom is 0.220 e. The molecule has 0 radical (unpaired) electrons. The number of benzene rings is 1. The number of amides is 1. The topological polar surface area (TPSA) is 50.4 Å². The van der Waals surface area contributed by atoms with Crippen LogP contribution < -0.4 is 15.4 Å². The molecule has 1 aromatic carbocycles. The first kappa shape index (κ1) is 12.5. The minimum atomic E-state index is 0.169. The second-order valence-corrected chi connectivity index (χ2v) is 5.29. The number of nitrogens with one attached hydrogen (secondary N) is 2. The van der Waals surface area contributed by atoms with Crippen LogP contribution >= 0.6 is 0 Å². The van der Waals surface area contributed by atoms with Gasteiger partial charge in [-0.2, -0.15) is 0 Å². The van der Waals surface area contributed by atoms with Crippen molar-refractivity contribution in [1.82, 2.24) is 10.6 Å². The van der Waals surface area contributed by atoms with Crippen molar-refractivity contribution >= 4 is 5.91 Å². The first-order valence-electron chi connectivity index (χ1n) is 7.07. The second kappa shape index (κ2) is 5.61. The summed E-state index contributed by atoms with van der Waals surface area (Å²) in [6.45, 7) is 1.52. The molecule has 102 valence electrons. The zero-order valence-electron chi connectivity index (χ0n) is 11.0. The third kappa shape index (κ3) is 2.89. The van der Waals surface area contributed by atoms with Gasteiger partial charge in [0.25, 0.3) is 0 Å². The lowest BCUT2D eigenvalue weighted by Gasteiger charge is -2.28. The number of piperidine rings is 1. The van der Waals surface area contributed by atoms with Gasteiger partial charge in [0.1, 0.15) is 5.75 Å². The molecular weight excluding hydrogens is 240 g/mol. The molecule has 2 aliphatic heterocycles. The van der Waals surface area contributed by atoms with Gasteiger partial charge in [0, 0.05) is 30.6 Å². The number of carbonyl (C=O) groups is 1. The molecule has 4 heteroatoms. The van der Waals surface area contributed by atoms with Crippen LogP contribution in [0, 0.1) is 0 Å². The van der Waals surface area contributed by atoms with Crippen LogP contribution in [0.25, 0.3) is 0 Å². The number of hydrogen-bond donors (Lipinski definition) is 2. The lowest BCUT2D eigenvalue weighted by Crippen LogP contribution is -2.46. The van der Waals surface area contributed by atoms with Crippen LogP contribution in [0.1, 0.15) is 37.3 Å². The van der Waals surface area contributed by atoms with Gasteiger partial charge in [-0.25, -0.2) is 0 Å². The van der Waals surface area contributed by atoms with Gasteiger partial charge in [0.2, 0.25) is 5.91 Å². The summed E-state index contributed by atoms with van der Waals surface area (Å²) in [5, 5.41) is 6.61. The molecule has 2 aliphatic rings. The Hall–Kier alpha value is -1.55. The molecule has 1 aromatic rings. The first-order chi connectivity index (χ1) is 9.33. The number of carbonyl (C=O) groups excluding carboxylic acids is 1. The van der Waals surface area contributed by atoms with Gasteiger partial charge in [-0.15, -0.1) is 0 Å². The van der Waals surface area contributed by atoms with Gasteiger partial charge >= 0.3 is 0 Å². The Balaban J connectivity index is 1.72. The summed E-state index contributed by atoms with van der Waals surface area (Å²) in [5.74, 6) is 1.17. The van der Waals surface area contributed by atoms with Crippen molar-refractivity contribution in [2.45, 2.75) is 37.8 Å². The SMILES string of the molecule is O=C1CC[C@H](N[C@@H]2CCCOc3ccccc32)CN1. The van der Waals surface area contributed by atoms with E-state index in [1.54, 1.807) is 0 Å². The second-order valence-electron chi connectivity index (χ2n) is 5.29. The van der Waals surface area contributed by atoms with Crippen molar-refractivity contribution in [3.8, 4) is 5.75 Å². The van der Waals surface area contributed by atoms with Gasteiger partial charge in [-0.1, -0.05) is 18.2 Å². The van der Waals surface area contributed by atoms with Gasteiger partial charge in [0.05, 0.1) is 6.61 Å². The third-order valence-corrected chi connectivity index (χ3v) is 3.89. The van der Waals surface area contributed by atoms with E-state index in [9.17, 15) is 4.79 Å². The van der Waals surface area contributed by atoms with Gasteiger partial charge in [-0.05, 0) is 25.3 Å². The molecule has 2 heterocycles. The Morgan fingerprint density at radius 1 is 1.26 bits per heavy atom. The number of fused-ring (bicyclic) bond motifs is 1. The van der Waals surface area contributed by atoms with Gasteiger partial charge in [-0.3, -0.25) is 4.79 Å². The molecule has 4 nitrogen and oxygen atoms in total. The summed E-state index contributed by atoms with van der Waals surface area (Å²) in [5.41, 5.74) is 1.25. The van der Waals surface area contributed by atoms with Crippen molar-refractivity contribution in [3.63, 3.8) is 0 Å². The van der Waals surface area contributed by atoms with Crippen LogP contribution in [0.4, 0.5) is 0 Å². The Kier molecular flexibility index (Phi) is 3.69. The van der Waals surface area contributed by atoms with Crippen molar-refractivity contribution in [3.05, 3.63) is 29.8 Å². The van der Waals surface area contributed by atoms with E-state index in [0.717, 1.165) is 38.2 Å². The van der Waals surface area contributed by atoms with Gasteiger partial charge < -0.3 is 15.4 Å². The summed E-state index contributed by atoms with van der Waals surface area (Å²) in [6, 6.07) is 8.96. The molecule has 0 saturated carbocycles. The highest BCUT2D eigenvalue weighted by atomic mass is 16.5. The fourth-order valence-electron chi connectivity index (χ4n) is 2.86. The summed E-state index contributed by atoms with van der Waals surface area (Å²) in [6.07, 6.45) is 3.70. The largest absolute Gasteiger partial charge is 0.493 e. The molecule has 1 fully saturated rings. The normalized spacial score (nSPS) is 26.8. The van der Waals surface area contributed by atoms with E-state index in [1.165, 1.54) is 5.56 Å². The van der Waals surface area contributed by atoms with Crippen molar-refractivity contribution < 1.29 is 9.53 Å². The highest BCUT2D eigenvalue weighted by molar-refractivity contribution is 5.76. The number of hydrogen-bond acceptors (Lipinski definition) is 3. The average Bonchev–Trinajstić information content (AvgIpc) is 2.64. The molecule has 0 aromatic heterocycles. The molecule has 1 saturated heterocycles. The van der Waals surface area contributed by atoms with Crippen LogP contribution in [0.5, 0.6) is 5.75 Å². The van der Waals surface area contributed by atoms with E-state index in [-0.39, 0.29) is 5.91 Å². The quantitative estimate of drug-likeness (QED) is 0.852. The van der Waals surface area contributed by atoms with E-state index >= 15 is 0 Å². The number of ether oxygens (including phenoxy) is 1. The summed E-state index contributed by atoms with van der Waals surface area (Å²) in [7, 11) is 0. The Bertz CT molecular complexity index is 451. The lowest BCUT2D eigenvalue weighted by atomic mass is 9.99. The summed E-state index contributed by atoms with van der Waals surface area (Å²) >= 11 is 0. The summed E-state index contributed by atoms with van der Waals surface area (Å²) < 4.78 is 5.78. The Labute approximate surface area is 113 Å². The Morgan fingerprint density at radius 2 is 2.16 bits per heavy atom. The molecule has 19 heavy (non-hydrogen) atoms. The van der Waals surface area contributed by atoms with Crippen LogP contribution in [-0.2, 0) is 4.79 Å². The molecule has 0 aliphatic carbocycles. The highest BCUT2D eigenvalue weighted by Gasteiger charge is 2.24. The van der Waals surface area contributed by atoms with Crippen molar-refractivity contribution in [2.24, 2.45) is 0 Å². The predicted octanol–water partition coefficient (Wildman–Crippen LogP) is 1.77. The monoisotopic (exact) mass is 260 g/mol. The smallest absolute Gasteiger partial charge is 0.220 e. The van der Waals surface area contributed by atoms with E-state index in [4.69, 9.17) is 4.74 Å². The molecular formula is C15H20N2O2. The maximum absolute atomic E-state index is 11.2. The minimum Gasteiger partial charge on any atom is -0.493 e. The highest BCUT2D eigenvalue weighted by Crippen LogP contribution is 2.31. The van der Waals surface area contributed by atoms with Crippen LogP contribution in [0.3, 0.4) is 0 Å². The zero-order chi connectivity index (χ0) is 13.1. The minimum absolute atomic E-state index is 0.169. The van der Waals surface area contributed by atoms with Crippen LogP contribution in [-0.4, -0.2) is 25.1 Å². The Morgan fingerprint density at radius 3 is 3.00 bits per heavy atom. The third-order valence-electron chi connectivity index (χ3n) is 3.89. The molecule has 2 N–H and O–H groups in total. The van der Waals surface area contributed by atoms with E-state index < -0.39 is 0 Å². The summed E-state index contributed by atoms with van der Waals surface area (Å²) in [4.78, 5) is 11.2. The van der Waals surface area contributed by atoms with E-state index in [0.29, 0.717) is 18.5 Å².